The van der Waals surface area contributed by atoms with Gasteiger partial charge in [-0.15, -0.1) is 11.3 Å². The van der Waals surface area contributed by atoms with E-state index in [0.29, 0.717) is 23.0 Å². The van der Waals surface area contributed by atoms with Gasteiger partial charge in [0.05, 0.1) is 10.6 Å². The van der Waals surface area contributed by atoms with Gasteiger partial charge in [0.1, 0.15) is 4.83 Å². The number of carbonyl (C=O) groups is 1. The molecule has 0 aliphatic carbocycles. The number of nitrogens with one attached hydrogen (secondary N) is 2. The highest BCUT2D eigenvalue weighted by Crippen LogP contribution is 2.31. The fourth-order valence-electron chi connectivity index (χ4n) is 2.49. The van der Waals surface area contributed by atoms with Crippen molar-refractivity contribution in [3.8, 4) is 0 Å². The van der Waals surface area contributed by atoms with Crippen molar-refractivity contribution >= 4 is 39.2 Å². The lowest BCUT2D eigenvalue weighted by Gasteiger charge is -2.10. The van der Waals surface area contributed by atoms with Crippen LogP contribution in [0.2, 0.25) is 0 Å². The van der Waals surface area contributed by atoms with E-state index in [1.165, 1.54) is 11.8 Å². The lowest BCUT2D eigenvalue weighted by Crippen LogP contribution is -2.30. The van der Waals surface area contributed by atoms with E-state index in [4.69, 9.17) is 0 Å². The summed E-state index contributed by atoms with van der Waals surface area (Å²) in [6.07, 6.45) is 1.98. The van der Waals surface area contributed by atoms with Crippen LogP contribution in [0.1, 0.15) is 44.6 Å². The Morgan fingerprint density at radius 1 is 1.38 bits per heavy atom. The maximum absolute atomic E-state index is 12.6. The van der Waals surface area contributed by atoms with Gasteiger partial charge in [0.2, 0.25) is 5.91 Å². The van der Waals surface area contributed by atoms with E-state index in [2.05, 4.69) is 29.1 Å². The van der Waals surface area contributed by atoms with Crippen LogP contribution in [0.5, 0.6) is 0 Å². The third-order valence-corrected chi connectivity index (χ3v) is 6.12. The van der Waals surface area contributed by atoms with Crippen molar-refractivity contribution in [2.24, 2.45) is 5.92 Å². The number of carbonyl (C=O) groups excluding carboxylic acids is 1. The highest BCUT2D eigenvalue weighted by atomic mass is 32.2. The molecule has 132 valence electrons. The van der Waals surface area contributed by atoms with Crippen LogP contribution < -0.4 is 10.9 Å². The SMILES string of the molecule is CCNC(=O)C(C)Sc1nc2sc(C)c(CC(C)CC)c2c(=O)[nH]1. The van der Waals surface area contributed by atoms with Crippen LogP contribution in [0.15, 0.2) is 9.95 Å². The van der Waals surface area contributed by atoms with Gasteiger partial charge in [0, 0.05) is 11.4 Å². The molecule has 2 atom stereocenters. The zero-order valence-electron chi connectivity index (χ0n) is 14.9. The maximum Gasteiger partial charge on any atom is 0.260 e. The van der Waals surface area contributed by atoms with Gasteiger partial charge >= 0.3 is 0 Å². The number of aromatic amines is 1. The van der Waals surface area contributed by atoms with Crippen molar-refractivity contribution in [3.63, 3.8) is 0 Å². The molecule has 5 nitrogen and oxygen atoms in total. The van der Waals surface area contributed by atoms with Gasteiger partial charge in [-0.25, -0.2) is 4.98 Å². The van der Waals surface area contributed by atoms with Crippen LogP contribution >= 0.6 is 23.1 Å². The number of rotatable bonds is 7. The van der Waals surface area contributed by atoms with Gasteiger partial charge in [-0.2, -0.15) is 0 Å². The van der Waals surface area contributed by atoms with Gasteiger partial charge in [0.15, 0.2) is 5.16 Å². The van der Waals surface area contributed by atoms with Gasteiger partial charge in [-0.05, 0) is 38.7 Å². The van der Waals surface area contributed by atoms with Crippen molar-refractivity contribution in [1.29, 1.82) is 0 Å². The summed E-state index contributed by atoms with van der Waals surface area (Å²) in [7, 11) is 0. The normalized spacial score (nSPS) is 13.9. The molecule has 0 saturated carbocycles. The Labute approximate surface area is 150 Å². The molecule has 0 aliphatic rings. The van der Waals surface area contributed by atoms with Crippen molar-refractivity contribution in [1.82, 2.24) is 15.3 Å². The molecule has 2 N–H and O–H groups in total. The number of thioether (sulfide) groups is 1. The lowest BCUT2D eigenvalue weighted by atomic mass is 9.98. The second-order valence-corrected chi connectivity index (χ2v) is 8.59. The molecule has 24 heavy (non-hydrogen) atoms. The number of H-pyrrole nitrogens is 1. The third kappa shape index (κ3) is 4.19. The van der Waals surface area contributed by atoms with Crippen molar-refractivity contribution < 1.29 is 4.79 Å². The second kappa shape index (κ2) is 8.16. The number of thiophene rings is 1. The molecule has 0 aliphatic heterocycles. The van der Waals surface area contributed by atoms with Gasteiger partial charge in [0.25, 0.3) is 5.56 Å². The zero-order valence-corrected chi connectivity index (χ0v) is 16.5. The van der Waals surface area contributed by atoms with E-state index in [9.17, 15) is 9.59 Å². The summed E-state index contributed by atoms with van der Waals surface area (Å²) < 4.78 is 0. The van der Waals surface area contributed by atoms with E-state index in [1.54, 1.807) is 11.3 Å². The Kier molecular flexibility index (Phi) is 6.46. The Bertz CT molecular complexity index is 782. The molecule has 0 radical (unpaired) electrons. The maximum atomic E-state index is 12.6. The summed E-state index contributed by atoms with van der Waals surface area (Å²) in [5, 5.41) is 3.70. The molecule has 0 spiro atoms. The Morgan fingerprint density at radius 3 is 2.71 bits per heavy atom. The van der Waals surface area contributed by atoms with Gasteiger partial charge < -0.3 is 10.3 Å². The molecule has 2 aromatic heterocycles. The Balaban J connectivity index is 2.34. The number of amides is 1. The Hall–Kier alpha value is -1.34. The molecule has 2 rings (SSSR count). The average Bonchev–Trinajstić information content (AvgIpc) is 2.83. The smallest absolute Gasteiger partial charge is 0.260 e. The lowest BCUT2D eigenvalue weighted by molar-refractivity contribution is -0.120. The quantitative estimate of drug-likeness (QED) is 0.580. The molecule has 7 heteroatoms. The van der Waals surface area contributed by atoms with Gasteiger partial charge in [-0.1, -0.05) is 32.0 Å². The molecule has 0 aromatic carbocycles. The van der Waals surface area contributed by atoms with E-state index >= 15 is 0 Å². The minimum Gasteiger partial charge on any atom is -0.355 e. The predicted octanol–water partition coefficient (Wildman–Crippen LogP) is 3.50. The molecule has 2 heterocycles. The minimum absolute atomic E-state index is 0.0509. The summed E-state index contributed by atoms with van der Waals surface area (Å²) >= 11 is 2.84. The summed E-state index contributed by atoms with van der Waals surface area (Å²) in [5.41, 5.74) is 1.01. The number of fused-ring (bicyclic) bond motifs is 1. The second-order valence-electron chi connectivity index (χ2n) is 6.06. The first-order chi connectivity index (χ1) is 11.4. The molecule has 2 aromatic rings. The van der Waals surface area contributed by atoms with Crippen molar-refractivity contribution in [2.45, 2.75) is 57.9 Å². The van der Waals surface area contributed by atoms with E-state index in [1.807, 2.05) is 20.8 Å². The molecule has 0 saturated heterocycles. The monoisotopic (exact) mass is 367 g/mol. The molecule has 2 unspecified atom stereocenters. The van der Waals surface area contributed by atoms with Crippen LogP contribution in [-0.4, -0.2) is 27.7 Å². The summed E-state index contributed by atoms with van der Waals surface area (Å²) in [4.78, 5) is 33.8. The van der Waals surface area contributed by atoms with E-state index < -0.39 is 0 Å². The predicted molar refractivity (Wildman–Crippen MR) is 102 cm³/mol. The van der Waals surface area contributed by atoms with Gasteiger partial charge in [-0.3, -0.25) is 9.59 Å². The molecular weight excluding hydrogens is 342 g/mol. The number of hydrogen-bond acceptors (Lipinski definition) is 5. The fraction of sp³-hybridized carbons (Fsp3) is 0.588. The van der Waals surface area contributed by atoms with Crippen LogP contribution in [-0.2, 0) is 11.2 Å². The number of aryl methyl sites for hydroxylation is 1. The van der Waals surface area contributed by atoms with E-state index in [-0.39, 0.29) is 16.7 Å². The zero-order chi connectivity index (χ0) is 17.9. The molecular formula is C17H25N3O2S2. The van der Waals surface area contributed by atoms with E-state index in [0.717, 1.165) is 28.1 Å². The fourth-order valence-corrected chi connectivity index (χ4v) is 4.42. The highest BCUT2D eigenvalue weighted by Gasteiger charge is 2.19. The van der Waals surface area contributed by atoms with Crippen LogP contribution in [0.3, 0.4) is 0 Å². The number of aromatic nitrogens is 2. The Morgan fingerprint density at radius 2 is 2.08 bits per heavy atom. The molecule has 1 amide bonds. The molecule has 0 bridgehead atoms. The first kappa shape index (κ1) is 19.0. The highest BCUT2D eigenvalue weighted by molar-refractivity contribution is 8.00. The first-order valence-electron chi connectivity index (χ1n) is 8.33. The summed E-state index contributed by atoms with van der Waals surface area (Å²) in [6, 6.07) is 0. The van der Waals surface area contributed by atoms with Crippen LogP contribution in [0, 0.1) is 12.8 Å². The topological polar surface area (TPSA) is 74.8 Å². The van der Waals surface area contributed by atoms with Crippen molar-refractivity contribution in [2.75, 3.05) is 6.54 Å². The largest absolute Gasteiger partial charge is 0.355 e. The van der Waals surface area contributed by atoms with Crippen LogP contribution in [0.4, 0.5) is 0 Å². The first-order valence-corrected chi connectivity index (χ1v) is 10.0. The standard InChI is InChI=1S/C17H25N3O2S2/c1-6-9(3)8-12-10(4)23-16-13(12)15(22)19-17(20-16)24-11(5)14(21)18-7-2/h9,11H,6-8H2,1-5H3,(H,18,21)(H,19,20,22). The van der Waals surface area contributed by atoms with Crippen LogP contribution in [0.25, 0.3) is 10.2 Å². The summed E-state index contributed by atoms with van der Waals surface area (Å²) in [6.45, 7) is 10.7. The van der Waals surface area contributed by atoms with Crippen molar-refractivity contribution in [3.05, 3.63) is 20.8 Å². The summed E-state index contributed by atoms with van der Waals surface area (Å²) in [5.74, 6) is 0.484. The molecule has 0 fully saturated rings. The average molecular weight is 368 g/mol. The minimum atomic E-state index is -0.300. The number of hydrogen-bond donors (Lipinski definition) is 2. The third-order valence-electron chi connectivity index (χ3n) is 4.10. The number of nitrogens with zero attached hydrogens (tertiary/aromatic N) is 1.